The van der Waals surface area contributed by atoms with Crippen LogP contribution in [0.4, 0.5) is 13.2 Å². The van der Waals surface area contributed by atoms with Gasteiger partial charge in [0.25, 0.3) is 5.91 Å². The van der Waals surface area contributed by atoms with Crippen LogP contribution < -0.4 is 10.6 Å². The first kappa shape index (κ1) is 20.4. The molecule has 8 heteroatoms. The van der Waals surface area contributed by atoms with Gasteiger partial charge in [-0.1, -0.05) is 36.4 Å². The summed E-state index contributed by atoms with van der Waals surface area (Å²) in [7, 11) is 0. The molecule has 2 amide bonds. The number of halogens is 3. The highest BCUT2D eigenvalue weighted by Crippen LogP contribution is 2.34. The van der Waals surface area contributed by atoms with Crippen molar-refractivity contribution in [3.8, 4) is 0 Å². The summed E-state index contributed by atoms with van der Waals surface area (Å²) in [6, 6.07) is 11.9. The molecule has 0 bridgehead atoms. The van der Waals surface area contributed by atoms with Crippen LogP contribution in [0.25, 0.3) is 0 Å². The Morgan fingerprint density at radius 1 is 1.04 bits per heavy atom. The molecular weight excluding hydrogens is 361 g/mol. The number of benzene rings is 2. The zero-order chi connectivity index (χ0) is 20.0. The summed E-state index contributed by atoms with van der Waals surface area (Å²) in [5.74, 6) is -1.08. The summed E-state index contributed by atoms with van der Waals surface area (Å²) in [6.07, 6.45) is -6.15. The predicted molar refractivity (Wildman–Crippen MR) is 92.8 cm³/mol. The molecule has 2 aromatic carbocycles. The molecule has 0 radical (unpaired) electrons. The smallest absolute Gasteiger partial charge is 0.387 e. The van der Waals surface area contributed by atoms with Crippen molar-refractivity contribution < 1.29 is 27.9 Å². The number of rotatable bonds is 6. The molecule has 0 saturated carbocycles. The van der Waals surface area contributed by atoms with Crippen molar-refractivity contribution in [2.45, 2.75) is 25.2 Å². The van der Waals surface area contributed by atoms with Crippen molar-refractivity contribution >= 4 is 11.8 Å². The molecule has 2 aromatic rings. The molecule has 0 heterocycles. The molecule has 0 spiro atoms. The van der Waals surface area contributed by atoms with Crippen LogP contribution in [0.1, 0.15) is 34.5 Å². The van der Waals surface area contributed by atoms with Crippen LogP contribution in [-0.2, 0) is 11.0 Å². The van der Waals surface area contributed by atoms with Gasteiger partial charge in [-0.05, 0) is 30.7 Å². The highest BCUT2D eigenvalue weighted by Gasteiger charge is 2.34. The van der Waals surface area contributed by atoms with E-state index in [2.05, 4.69) is 10.6 Å². The van der Waals surface area contributed by atoms with Crippen LogP contribution in [0.2, 0.25) is 0 Å². The lowest BCUT2D eigenvalue weighted by molar-refractivity contribution is -0.139. The Kier molecular flexibility index (Phi) is 6.57. The van der Waals surface area contributed by atoms with Gasteiger partial charge in [0.15, 0.2) is 0 Å². The quantitative estimate of drug-likeness (QED) is 0.721. The monoisotopic (exact) mass is 380 g/mol. The van der Waals surface area contributed by atoms with Gasteiger partial charge in [0.1, 0.15) is 6.04 Å². The van der Waals surface area contributed by atoms with Crippen molar-refractivity contribution in [3.05, 3.63) is 71.3 Å². The SMILES string of the molecule is CC(NC(=O)c1ccccc1)C(=O)NCC(O)c1ccccc1C(F)(F)F. The molecule has 5 nitrogen and oxygen atoms in total. The molecule has 0 fully saturated rings. The summed E-state index contributed by atoms with van der Waals surface area (Å²) in [5, 5.41) is 14.9. The summed E-state index contributed by atoms with van der Waals surface area (Å²) in [5.41, 5.74) is -0.917. The molecule has 0 aliphatic heterocycles. The number of carbonyl (C=O) groups is 2. The van der Waals surface area contributed by atoms with E-state index in [9.17, 15) is 27.9 Å². The van der Waals surface area contributed by atoms with E-state index in [0.717, 1.165) is 12.1 Å². The van der Waals surface area contributed by atoms with Gasteiger partial charge in [0, 0.05) is 12.1 Å². The Morgan fingerprint density at radius 2 is 1.63 bits per heavy atom. The van der Waals surface area contributed by atoms with Crippen molar-refractivity contribution in [3.63, 3.8) is 0 Å². The highest BCUT2D eigenvalue weighted by molar-refractivity contribution is 5.97. The highest BCUT2D eigenvalue weighted by atomic mass is 19.4. The Morgan fingerprint density at radius 3 is 2.26 bits per heavy atom. The molecule has 144 valence electrons. The third-order valence-corrected chi connectivity index (χ3v) is 3.87. The van der Waals surface area contributed by atoms with E-state index in [1.165, 1.54) is 19.1 Å². The van der Waals surface area contributed by atoms with E-state index >= 15 is 0 Å². The number of carbonyl (C=O) groups excluding carboxylic acids is 2. The van der Waals surface area contributed by atoms with Crippen LogP contribution >= 0.6 is 0 Å². The van der Waals surface area contributed by atoms with E-state index in [4.69, 9.17) is 0 Å². The fourth-order valence-electron chi connectivity index (χ4n) is 2.44. The van der Waals surface area contributed by atoms with E-state index < -0.39 is 42.2 Å². The average Bonchev–Trinajstić information content (AvgIpc) is 2.65. The van der Waals surface area contributed by atoms with Gasteiger partial charge in [-0.15, -0.1) is 0 Å². The van der Waals surface area contributed by atoms with Crippen LogP contribution in [0, 0.1) is 0 Å². The number of aliphatic hydroxyl groups is 1. The summed E-state index contributed by atoms with van der Waals surface area (Å²) in [6.45, 7) is 1.02. The predicted octanol–water partition coefficient (Wildman–Crippen LogP) is 2.67. The lowest BCUT2D eigenvalue weighted by Gasteiger charge is -2.19. The largest absolute Gasteiger partial charge is 0.416 e. The van der Waals surface area contributed by atoms with E-state index in [1.807, 2.05) is 0 Å². The normalized spacial score (nSPS) is 13.5. The van der Waals surface area contributed by atoms with Crippen LogP contribution in [0.15, 0.2) is 54.6 Å². The topological polar surface area (TPSA) is 78.4 Å². The fraction of sp³-hybridized carbons (Fsp3) is 0.263. The molecular formula is C19H19F3N2O3. The van der Waals surface area contributed by atoms with Crippen molar-refractivity contribution in [2.75, 3.05) is 6.54 Å². The molecule has 2 rings (SSSR count). The molecule has 3 N–H and O–H groups in total. The number of hydrogen-bond acceptors (Lipinski definition) is 3. The van der Waals surface area contributed by atoms with Crippen molar-refractivity contribution in [2.24, 2.45) is 0 Å². The van der Waals surface area contributed by atoms with Crippen LogP contribution in [-0.4, -0.2) is 29.5 Å². The number of amides is 2. The first-order valence-electron chi connectivity index (χ1n) is 8.18. The molecule has 2 atom stereocenters. The molecule has 0 aliphatic carbocycles. The third kappa shape index (κ3) is 5.55. The third-order valence-electron chi connectivity index (χ3n) is 3.87. The Hall–Kier alpha value is -2.87. The summed E-state index contributed by atoms with van der Waals surface area (Å²) < 4.78 is 39.0. The van der Waals surface area contributed by atoms with Crippen molar-refractivity contribution in [1.82, 2.24) is 10.6 Å². The minimum absolute atomic E-state index is 0.328. The zero-order valence-corrected chi connectivity index (χ0v) is 14.5. The number of aliphatic hydroxyl groups excluding tert-OH is 1. The molecule has 27 heavy (non-hydrogen) atoms. The van der Waals surface area contributed by atoms with Gasteiger partial charge in [-0.3, -0.25) is 9.59 Å². The molecule has 0 aromatic heterocycles. The maximum Gasteiger partial charge on any atom is 0.416 e. The fourth-order valence-corrected chi connectivity index (χ4v) is 2.44. The van der Waals surface area contributed by atoms with E-state index in [-0.39, 0.29) is 5.56 Å². The number of alkyl halides is 3. The molecule has 2 unspecified atom stereocenters. The lowest BCUT2D eigenvalue weighted by atomic mass is 10.0. The van der Waals surface area contributed by atoms with Crippen molar-refractivity contribution in [1.29, 1.82) is 0 Å². The Bertz CT molecular complexity index is 794. The first-order chi connectivity index (χ1) is 12.7. The van der Waals surface area contributed by atoms with Gasteiger partial charge in [0.2, 0.25) is 5.91 Å². The Balaban J connectivity index is 1.94. The van der Waals surface area contributed by atoms with Crippen LogP contribution in [0.5, 0.6) is 0 Å². The molecule has 0 aliphatic rings. The lowest BCUT2D eigenvalue weighted by Crippen LogP contribution is -2.45. The second kappa shape index (κ2) is 8.68. The van der Waals surface area contributed by atoms with Gasteiger partial charge < -0.3 is 15.7 Å². The first-order valence-corrected chi connectivity index (χ1v) is 8.18. The average molecular weight is 380 g/mol. The number of nitrogens with one attached hydrogen (secondary N) is 2. The minimum Gasteiger partial charge on any atom is -0.387 e. The minimum atomic E-state index is -4.61. The zero-order valence-electron chi connectivity index (χ0n) is 14.5. The van der Waals surface area contributed by atoms with Gasteiger partial charge >= 0.3 is 6.18 Å². The molecule has 0 saturated heterocycles. The summed E-state index contributed by atoms with van der Waals surface area (Å²) in [4.78, 5) is 24.1. The second-order valence-electron chi connectivity index (χ2n) is 5.91. The maximum absolute atomic E-state index is 13.0. The van der Waals surface area contributed by atoms with Gasteiger partial charge in [0.05, 0.1) is 11.7 Å². The van der Waals surface area contributed by atoms with Gasteiger partial charge in [-0.2, -0.15) is 13.2 Å². The summed E-state index contributed by atoms with van der Waals surface area (Å²) >= 11 is 0. The van der Waals surface area contributed by atoms with Crippen LogP contribution in [0.3, 0.4) is 0 Å². The van der Waals surface area contributed by atoms with E-state index in [0.29, 0.717) is 5.56 Å². The Labute approximate surface area is 154 Å². The maximum atomic E-state index is 13.0. The number of hydrogen-bond donors (Lipinski definition) is 3. The van der Waals surface area contributed by atoms with E-state index in [1.54, 1.807) is 30.3 Å². The van der Waals surface area contributed by atoms with Gasteiger partial charge in [-0.25, -0.2) is 0 Å². The standard InChI is InChI=1S/C19H19F3N2O3/c1-12(24-18(27)13-7-3-2-4-8-13)17(26)23-11-16(25)14-9-5-6-10-15(14)19(20,21)22/h2-10,12,16,25H,11H2,1H3,(H,23,26)(H,24,27). The second-order valence-corrected chi connectivity index (χ2v) is 5.91.